The third kappa shape index (κ3) is 3.32. The van der Waals surface area contributed by atoms with Gasteiger partial charge < -0.3 is 9.72 Å². The van der Waals surface area contributed by atoms with Crippen molar-refractivity contribution in [1.82, 2.24) is 4.98 Å². The maximum atomic E-state index is 12.3. The number of hydrogen-bond acceptors (Lipinski definition) is 2. The predicted octanol–water partition coefficient (Wildman–Crippen LogP) is 2.82. The van der Waals surface area contributed by atoms with Crippen LogP contribution in [-0.2, 0) is 0 Å². The molecule has 16 heavy (non-hydrogen) atoms. The molecule has 0 bridgehead atoms. The Morgan fingerprint density at radius 2 is 1.94 bits per heavy atom. The van der Waals surface area contributed by atoms with Gasteiger partial charge in [0, 0.05) is 6.07 Å². The number of aromatic amines is 1. The predicted molar refractivity (Wildman–Crippen MR) is 51.4 cm³/mol. The molecule has 0 aliphatic carbocycles. The lowest BCUT2D eigenvalue weighted by Crippen LogP contribution is -2.21. The van der Waals surface area contributed by atoms with Gasteiger partial charge in [-0.3, -0.25) is 4.79 Å². The van der Waals surface area contributed by atoms with Crippen LogP contribution in [0.1, 0.15) is 12.1 Å². The molecule has 0 amide bonds. The minimum absolute atomic E-state index is 0.459. The van der Waals surface area contributed by atoms with E-state index in [-0.39, 0.29) is 0 Å². The number of aromatic nitrogens is 1. The number of ether oxygens (including phenoxy) is 1. The van der Waals surface area contributed by atoms with E-state index in [1.165, 1.54) is 22.6 Å². The van der Waals surface area contributed by atoms with Gasteiger partial charge in [-0.05, 0) is 22.6 Å². The van der Waals surface area contributed by atoms with Gasteiger partial charge in [0.05, 0.1) is 3.57 Å². The van der Waals surface area contributed by atoms with Crippen LogP contribution in [0.3, 0.4) is 0 Å². The Balaban J connectivity index is 3.25. The first-order valence-corrected chi connectivity index (χ1v) is 4.75. The monoisotopic (exact) mass is 355 g/mol. The Kier molecular flexibility index (Phi) is 3.76. The van der Waals surface area contributed by atoms with Crippen LogP contribution in [0, 0.1) is 3.57 Å². The summed E-state index contributed by atoms with van der Waals surface area (Å²) in [4.78, 5) is 12.6. The second kappa shape index (κ2) is 4.55. The van der Waals surface area contributed by atoms with Crippen molar-refractivity contribution < 1.29 is 26.7 Å². The number of nitrogens with one attached hydrogen (secondary N) is 1. The third-order valence-corrected chi connectivity index (χ3v) is 2.53. The van der Waals surface area contributed by atoms with Crippen molar-refractivity contribution in [2.24, 2.45) is 0 Å². The van der Waals surface area contributed by atoms with Crippen molar-refractivity contribution >= 4 is 22.6 Å². The zero-order valence-electron chi connectivity index (χ0n) is 7.24. The molecule has 1 rings (SSSR count). The largest absolute Gasteiger partial charge is 0.573 e. The molecule has 0 radical (unpaired) electrons. The van der Waals surface area contributed by atoms with Crippen molar-refractivity contribution in [3.63, 3.8) is 0 Å². The highest BCUT2D eigenvalue weighted by Gasteiger charge is 2.33. The Morgan fingerprint density at radius 1 is 1.38 bits per heavy atom. The molecule has 1 N–H and O–H groups in total. The highest BCUT2D eigenvalue weighted by atomic mass is 127. The number of rotatable bonds is 2. The lowest BCUT2D eigenvalue weighted by atomic mass is 10.3. The van der Waals surface area contributed by atoms with Crippen molar-refractivity contribution in [3.8, 4) is 5.75 Å². The van der Waals surface area contributed by atoms with Crippen molar-refractivity contribution in [2.75, 3.05) is 0 Å². The second-order valence-corrected chi connectivity index (χ2v) is 3.65. The maximum Gasteiger partial charge on any atom is 0.573 e. The SMILES string of the molecule is O=c1cc(OC(F)(F)F)c(I)c(C(F)F)[nH]1. The number of pyridine rings is 1. The zero-order valence-corrected chi connectivity index (χ0v) is 9.40. The summed E-state index contributed by atoms with van der Waals surface area (Å²) in [6.45, 7) is 0. The molecule has 0 fully saturated rings. The molecule has 0 unspecified atom stereocenters. The van der Waals surface area contributed by atoms with Gasteiger partial charge in [-0.1, -0.05) is 0 Å². The van der Waals surface area contributed by atoms with Crippen LogP contribution in [0.15, 0.2) is 10.9 Å². The summed E-state index contributed by atoms with van der Waals surface area (Å²) < 4.78 is 63.2. The second-order valence-electron chi connectivity index (χ2n) is 2.57. The molecule has 0 spiro atoms. The molecule has 1 aromatic rings. The third-order valence-electron chi connectivity index (χ3n) is 1.42. The van der Waals surface area contributed by atoms with E-state index in [9.17, 15) is 26.7 Å². The average Bonchev–Trinajstić information content (AvgIpc) is 2.07. The molecule has 3 nitrogen and oxygen atoms in total. The van der Waals surface area contributed by atoms with Crippen LogP contribution in [0.4, 0.5) is 22.0 Å². The van der Waals surface area contributed by atoms with Crippen molar-refractivity contribution in [3.05, 3.63) is 25.7 Å². The number of alkyl halides is 5. The molecule has 90 valence electrons. The Labute approximate surface area is 98.7 Å². The summed E-state index contributed by atoms with van der Waals surface area (Å²) in [7, 11) is 0. The molecule has 0 atom stereocenters. The van der Waals surface area contributed by atoms with Gasteiger partial charge >= 0.3 is 6.36 Å². The molecule has 0 aliphatic heterocycles. The van der Waals surface area contributed by atoms with E-state index < -0.39 is 33.4 Å². The fourth-order valence-corrected chi connectivity index (χ4v) is 1.52. The molecule has 0 saturated carbocycles. The Bertz CT molecular complexity index is 441. The summed E-state index contributed by atoms with van der Waals surface area (Å²) in [6, 6.07) is 0.459. The standard InChI is InChI=1S/C7H3F5INO2/c8-6(9)5-4(13)2(1-3(15)14-5)16-7(10,11)12/h1,6H,(H,14,15). The number of hydrogen-bond donors (Lipinski definition) is 1. The van der Waals surface area contributed by atoms with E-state index >= 15 is 0 Å². The van der Waals surface area contributed by atoms with Gasteiger partial charge in [-0.2, -0.15) is 0 Å². The average molecular weight is 355 g/mol. The summed E-state index contributed by atoms with van der Waals surface area (Å²) in [5.41, 5.74) is -1.98. The quantitative estimate of drug-likeness (QED) is 0.655. The molecule has 0 aliphatic rings. The lowest BCUT2D eigenvalue weighted by molar-refractivity contribution is -0.275. The summed E-state index contributed by atoms with van der Waals surface area (Å²) in [5, 5.41) is 0. The zero-order chi connectivity index (χ0) is 12.5. The van der Waals surface area contributed by atoms with Gasteiger partial charge in [0.25, 0.3) is 12.0 Å². The van der Waals surface area contributed by atoms with Gasteiger partial charge in [0.1, 0.15) is 11.4 Å². The van der Waals surface area contributed by atoms with Crippen LogP contribution in [0.2, 0.25) is 0 Å². The molecule has 1 heterocycles. The lowest BCUT2D eigenvalue weighted by Gasteiger charge is -2.12. The fraction of sp³-hybridized carbons (Fsp3) is 0.286. The minimum atomic E-state index is -5.03. The van der Waals surface area contributed by atoms with Crippen LogP contribution in [-0.4, -0.2) is 11.3 Å². The maximum absolute atomic E-state index is 12.3. The summed E-state index contributed by atoms with van der Waals surface area (Å²) in [5.74, 6) is -0.938. The normalized spacial score (nSPS) is 11.9. The van der Waals surface area contributed by atoms with Gasteiger partial charge in [0.15, 0.2) is 0 Å². The number of halogens is 6. The van der Waals surface area contributed by atoms with Gasteiger partial charge in [0.2, 0.25) is 0 Å². The fourth-order valence-electron chi connectivity index (χ4n) is 0.888. The van der Waals surface area contributed by atoms with E-state index in [2.05, 4.69) is 4.74 Å². The van der Waals surface area contributed by atoms with E-state index in [1.807, 2.05) is 0 Å². The van der Waals surface area contributed by atoms with Gasteiger partial charge in [-0.15, -0.1) is 13.2 Å². The molecular formula is C7H3F5INO2. The Hall–Kier alpha value is -0.870. The number of H-pyrrole nitrogens is 1. The van der Waals surface area contributed by atoms with E-state index in [4.69, 9.17) is 0 Å². The first kappa shape index (κ1) is 13.2. The molecule has 0 saturated heterocycles. The van der Waals surface area contributed by atoms with E-state index in [1.54, 1.807) is 4.98 Å². The molecule has 9 heteroatoms. The molecular weight excluding hydrogens is 352 g/mol. The Morgan fingerprint density at radius 3 is 2.38 bits per heavy atom. The van der Waals surface area contributed by atoms with Gasteiger partial charge in [-0.25, -0.2) is 8.78 Å². The van der Waals surface area contributed by atoms with Crippen LogP contribution in [0.5, 0.6) is 5.75 Å². The smallest absolute Gasteiger partial charge is 0.404 e. The highest BCUT2D eigenvalue weighted by Crippen LogP contribution is 2.31. The highest BCUT2D eigenvalue weighted by molar-refractivity contribution is 14.1. The summed E-state index contributed by atoms with van der Waals surface area (Å²) >= 11 is 1.24. The van der Waals surface area contributed by atoms with Crippen LogP contribution < -0.4 is 10.3 Å². The van der Waals surface area contributed by atoms with Crippen LogP contribution in [0.25, 0.3) is 0 Å². The van der Waals surface area contributed by atoms with Crippen molar-refractivity contribution in [2.45, 2.75) is 12.8 Å². The first-order valence-electron chi connectivity index (χ1n) is 3.67. The summed E-state index contributed by atoms with van der Waals surface area (Å²) in [6.07, 6.45) is -8.12. The molecule has 1 aromatic heterocycles. The van der Waals surface area contributed by atoms with E-state index in [0.717, 1.165) is 0 Å². The minimum Gasteiger partial charge on any atom is -0.404 e. The first-order chi connectivity index (χ1) is 7.20. The molecule has 0 aromatic carbocycles. The topological polar surface area (TPSA) is 42.1 Å². The van der Waals surface area contributed by atoms with Crippen molar-refractivity contribution in [1.29, 1.82) is 0 Å². The van der Waals surface area contributed by atoms with E-state index in [0.29, 0.717) is 6.07 Å². The van der Waals surface area contributed by atoms with Crippen LogP contribution >= 0.6 is 22.6 Å².